The van der Waals surface area contributed by atoms with Crippen LogP contribution >= 0.6 is 11.8 Å². The number of aromatic nitrogens is 2. The van der Waals surface area contributed by atoms with Crippen LogP contribution in [0.5, 0.6) is 0 Å². The Labute approximate surface area is 63.4 Å². The SMILES string of the molecule is NC1SCC1c1ncc[nH]1. The Bertz CT molecular complexity index is 209. The van der Waals surface area contributed by atoms with Crippen LogP contribution in [0.1, 0.15) is 11.7 Å². The molecule has 54 valence electrons. The van der Waals surface area contributed by atoms with Gasteiger partial charge in [0.2, 0.25) is 0 Å². The number of nitrogens with one attached hydrogen (secondary N) is 1. The summed E-state index contributed by atoms with van der Waals surface area (Å²) in [4.78, 5) is 7.20. The van der Waals surface area contributed by atoms with Crippen LogP contribution < -0.4 is 5.73 Å². The first kappa shape index (κ1) is 6.24. The Morgan fingerprint density at radius 2 is 2.70 bits per heavy atom. The fourth-order valence-corrected chi connectivity index (χ4v) is 1.91. The Morgan fingerprint density at radius 1 is 1.80 bits per heavy atom. The minimum absolute atomic E-state index is 0.256. The molecule has 10 heavy (non-hydrogen) atoms. The smallest absolute Gasteiger partial charge is 0.112 e. The lowest BCUT2D eigenvalue weighted by Crippen LogP contribution is -2.36. The lowest BCUT2D eigenvalue weighted by Gasteiger charge is -2.30. The van der Waals surface area contributed by atoms with E-state index in [2.05, 4.69) is 9.97 Å². The number of H-pyrrole nitrogens is 1. The molecule has 1 saturated heterocycles. The van der Waals surface area contributed by atoms with Gasteiger partial charge in [-0.15, -0.1) is 11.8 Å². The molecule has 2 heterocycles. The summed E-state index contributed by atoms with van der Waals surface area (Å²) < 4.78 is 0. The van der Waals surface area contributed by atoms with E-state index in [0.29, 0.717) is 5.92 Å². The maximum absolute atomic E-state index is 5.72. The van der Waals surface area contributed by atoms with E-state index in [-0.39, 0.29) is 5.37 Å². The highest BCUT2D eigenvalue weighted by Crippen LogP contribution is 2.36. The van der Waals surface area contributed by atoms with Crippen LogP contribution in [0.3, 0.4) is 0 Å². The molecule has 0 aromatic carbocycles. The Kier molecular flexibility index (Phi) is 1.43. The summed E-state index contributed by atoms with van der Waals surface area (Å²) in [6.07, 6.45) is 3.61. The number of nitrogens with zero attached hydrogens (tertiary/aromatic N) is 1. The van der Waals surface area contributed by atoms with E-state index in [1.165, 1.54) is 0 Å². The van der Waals surface area contributed by atoms with Crippen molar-refractivity contribution in [2.75, 3.05) is 5.75 Å². The molecule has 0 amide bonds. The summed E-state index contributed by atoms with van der Waals surface area (Å²) in [5.41, 5.74) is 5.72. The second-order valence-electron chi connectivity index (χ2n) is 2.38. The van der Waals surface area contributed by atoms with Crippen LogP contribution in [0.2, 0.25) is 0 Å². The normalized spacial score (nSPS) is 31.7. The number of hydrogen-bond donors (Lipinski definition) is 2. The van der Waals surface area contributed by atoms with E-state index in [4.69, 9.17) is 5.73 Å². The van der Waals surface area contributed by atoms with Crippen molar-refractivity contribution >= 4 is 11.8 Å². The van der Waals surface area contributed by atoms with E-state index < -0.39 is 0 Å². The molecule has 3 N–H and O–H groups in total. The third kappa shape index (κ3) is 0.839. The van der Waals surface area contributed by atoms with Crippen LogP contribution in [0, 0.1) is 0 Å². The topological polar surface area (TPSA) is 54.7 Å². The lowest BCUT2D eigenvalue weighted by atomic mass is 10.1. The van der Waals surface area contributed by atoms with Crippen molar-refractivity contribution in [2.24, 2.45) is 5.73 Å². The van der Waals surface area contributed by atoms with Gasteiger partial charge in [-0.1, -0.05) is 0 Å². The zero-order valence-electron chi connectivity index (χ0n) is 5.45. The number of hydrogen-bond acceptors (Lipinski definition) is 3. The predicted molar refractivity (Wildman–Crippen MR) is 41.8 cm³/mol. The van der Waals surface area contributed by atoms with Crippen molar-refractivity contribution in [2.45, 2.75) is 11.3 Å². The highest BCUT2D eigenvalue weighted by atomic mass is 32.2. The van der Waals surface area contributed by atoms with Crippen LogP contribution in [0.4, 0.5) is 0 Å². The zero-order chi connectivity index (χ0) is 6.97. The van der Waals surface area contributed by atoms with Gasteiger partial charge < -0.3 is 10.7 Å². The lowest BCUT2D eigenvalue weighted by molar-refractivity contribution is 0.654. The zero-order valence-corrected chi connectivity index (χ0v) is 6.27. The minimum Gasteiger partial charge on any atom is -0.348 e. The van der Waals surface area contributed by atoms with Gasteiger partial charge in [0.1, 0.15) is 5.82 Å². The van der Waals surface area contributed by atoms with E-state index in [0.717, 1.165) is 11.6 Å². The molecule has 3 nitrogen and oxygen atoms in total. The molecular weight excluding hydrogens is 146 g/mol. The summed E-state index contributed by atoms with van der Waals surface area (Å²) in [5.74, 6) is 2.60. The van der Waals surface area contributed by atoms with Crippen molar-refractivity contribution < 1.29 is 0 Å². The molecule has 0 bridgehead atoms. The van der Waals surface area contributed by atoms with Gasteiger partial charge in [-0.05, 0) is 0 Å². The molecule has 1 aromatic heterocycles. The molecule has 2 rings (SSSR count). The average molecular weight is 155 g/mol. The van der Waals surface area contributed by atoms with Gasteiger partial charge in [0.15, 0.2) is 0 Å². The highest BCUT2D eigenvalue weighted by molar-refractivity contribution is 8.01. The molecule has 1 aromatic rings. The van der Waals surface area contributed by atoms with E-state index >= 15 is 0 Å². The first-order valence-electron chi connectivity index (χ1n) is 3.24. The van der Waals surface area contributed by atoms with Crippen molar-refractivity contribution in [3.05, 3.63) is 18.2 Å². The summed E-state index contributed by atoms with van der Waals surface area (Å²) in [6.45, 7) is 0. The molecule has 0 saturated carbocycles. The largest absolute Gasteiger partial charge is 0.348 e. The molecule has 0 aliphatic carbocycles. The molecule has 1 aliphatic heterocycles. The van der Waals surface area contributed by atoms with E-state index in [1.54, 1.807) is 18.0 Å². The van der Waals surface area contributed by atoms with Crippen molar-refractivity contribution in [3.63, 3.8) is 0 Å². The summed E-state index contributed by atoms with van der Waals surface area (Å²) in [6, 6.07) is 0. The van der Waals surface area contributed by atoms with Crippen LogP contribution in [-0.2, 0) is 0 Å². The predicted octanol–water partition coefficient (Wildman–Crippen LogP) is 0.525. The fraction of sp³-hybridized carbons (Fsp3) is 0.500. The van der Waals surface area contributed by atoms with Gasteiger partial charge in [0, 0.05) is 18.1 Å². The molecule has 2 atom stereocenters. The fourth-order valence-electron chi connectivity index (χ4n) is 1.02. The van der Waals surface area contributed by atoms with Gasteiger partial charge in [-0.2, -0.15) is 0 Å². The summed E-state index contributed by atoms with van der Waals surface area (Å²) in [5, 5.41) is 0.256. The Balaban J connectivity index is 2.14. The van der Waals surface area contributed by atoms with Gasteiger partial charge in [-0.3, -0.25) is 0 Å². The van der Waals surface area contributed by atoms with Crippen LogP contribution in [0.25, 0.3) is 0 Å². The monoisotopic (exact) mass is 155 g/mol. The molecular formula is C6H9N3S. The number of aromatic amines is 1. The highest BCUT2D eigenvalue weighted by Gasteiger charge is 2.31. The van der Waals surface area contributed by atoms with E-state index in [1.807, 2.05) is 6.20 Å². The second-order valence-corrected chi connectivity index (χ2v) is 3.59. The van der Waals surface area contributed by atoms with Gasteiger partial charge >= 0.3 is 0 Å². The molecule has 0 radical (unpaired) electrons. The van der Waals surface area contributed by atoms with Gasteiger partial charge in [0.05, 0.1) is 11.3 Å². The maximum atomic E-state index is 5.72. The molecule has 1 fully saturated rings. The Hall–Kier alpha value is -0.480. The molecule has 1 aliphatic rings. The Morgan fingerprint density at radius 3 is 3.10 bits per heavy atom. The minimum atomic E-state index is 0.256. The van der Waals surface area contributed by atoms with Crippen molar-refractivity contribution in [3.8, 4) is 0 Å². The number of imidazole rings is 1. The first-order valence-corrected chi connectivity index (χ1v) is 4.29. The van der Waals surface area contributed by atoms with Crippen molar-refractivity contribution in [1.82, 2.24) is 9.97 Å². The molecule has 4 heteroatoms. The summed E-state index contributed by atoms with van der Waals surface area (Å²) >= 11 is 1.78. The second kappa shape index (κ2) is 2.29. The first-order chi connectivity index (χ1) is 4.88. The summed E-state index contributed by atoms with van der Waals surface area (Å²) in [7, 11) is 0. The third-order valence-electron chi connectivity index (χ3n) is 1.74. The number of nitrogens with two attached hydrogens (primary N) is 1. The quantitative estimate of drug-likeness (QED) is 0.622. The van der Waals surface area contributed by atoms with Gasteiger partial charge in [-0.25, -0.2) is 4.98 Å². The average Bonchev–Trinajstić information content (AvgIpc) is 2.37. The van der Waals surface area contributed by atoms with E-state index in [9.17, 15) is 0 Å². The van der Waals surface area contributed by atoms with Crippen LogP contribution in [0.15, 0.2) is 12.4 Å². The number of thioether (sulfide) groups is 1. The van der Waals surface area contributed by atoms with Crippen LogP contribution in [-0.4, -0.2) is 21.1 Å². The maximum Gasteiger partial charge on any atom is 0.112 e. The third-order valence-corrected chi connectivity index (χ3v) is 3.00. The standard InChI is InChI=1S/C6H9N3S/c7-5-4(3-10-5)6-8-1-2-9-6/h1-2,4-5H,3,7H2,(H,8,9). The molecule has 0 spiro atoms. The molecule has 2 unspecified atom stereocenters. The van der Waals surface area contributed by atoms with Gasteiger partial charge in [0.25, 0.3) is 0 Å². The number of rotatable bonds is 1. The van der Waals surface area contributed by atoms with Crippen molar-refractivity contribution in [1.29, 1.82) is 0 Å².